The molecule has 0 unspecified atom stereocenters. The number of hydrogen-bond donors (Lipinski definition) is 1. The van der Waals surface area contributed by atoms with Crippen LogP contribution in [-0.4, -0.2) is 5.71 Å². The van der Waals surface area contributed by atoms with Gasteiger partial charge in [0.05, 0.1) is 12.8 Å². The van der Waals surface area contributed by atoms with E-state index in [1.54, 1.807) is 6.26 Å². The van der Waals surface area contributed by atoms with Crippen molar-refractivity contribution in [3.63, 3.8) is 0 Å². The monoisotopic (exact) mass is 262 g/mol. The van der Waals surface area contributed by atoms with Crippen LogP contribution in [0.25, 0.3) is 0 Å². The van der Waals surface area contributed by atoms with E-state index in [4.69, 9.17) is 16.0 Å². The average Bonchev–Trinajstić information content (AvgIpc) is 2.91. The van der Waals surface area contributed by atoms with Gasteiger partial charge in [-0.2, -0.15) is 5.10 Å². The molecule has 0 aliphatic heterocycles. The summed E-state index contributed by atoms with van der Waals surface area (Å²) >= 11 is 5.83. The van der Waals surface area contributed by atoms with Gasteiger partial charge in [-0.1, -0.05) is 30.7 Å². The highest BCUT2D eigenvalue weighted by molar-refractivity contribution is 6.30. The van der Waals surface area contributed by atoms with Gasteiger partial charge in [0.1, 0.15) is 11.5 Å². The van der Waals surface area contributed by atoms with E-state index in [9.17, 15) is 0 Å². The number of nitrogens with one attached hydrogen (secondary N) is 1. The Morgan fingerprint density at radius 3 is 2.67 bits per heavy atom. The highest BCUT2D eigenvalue weighted by Gasteiger charge is 2.03. The van der Waals surface area contributed by atoms with E-state index in [0.717, 1.165) is 28.5 Å². The van der Waals surface area contributed by atoms with E-state index >= 15 is 0 Å². The second-order valence-corrected chi connectivity index (χ2v) is 4.29. The van der Waals surface area contributed by atoms with Crippen molar-refractivity contribution in [3.05, 3.63) is 59.0 Å². The second-order valence-electron chi connectivity index (χ2n) is 3.85. The Morgan fingerprint density at radius 1 is 1.28 bits per heavy atom. The van der Waals surface area contributed by atoms with Gasteiger partial charge >= 0.3 is 0 Å². The van der Waals surface area contributed by atoms with Crippen molar-refractivity contribution in [1.29, 1.82) is 0 Å². The van der Waals surface area contributed by atoms with E-state index in [2.05, 4.69) is 10.5 Å². The Labute approximate surface area is 111 Å². The molecule has 0 aliphatic carbocycles. The third kappa shape index (κ3) is 3.37. The van der Waals surface area contributed by atoms with Gasteiger partial charge in [-0.3, -0.25) is 0 Å². The van der Waals surface area contributed by atoms with E-state index in [0.29, 0.717) is 6.54 Å². The molecule has 3 nitrogen and oxygen atoms in total. The van der Waals surface area contributed by atoms with Gasteiger partial charge in [0.25, 0.3) is 0 Å². The van der Waals surface area contributed by atoms with E-state index in [1.165, 1.54) is 0 Å². The average molecular weight is 263 g/mol. The molecular formula is C14H15ClN2O. The summed E-state index contributed by atoms with van der Waals surface area (Å²) in [5, 5.41) is 5.08. The highest BCUT2D eigenvalue weighted by atomic mass is 35.5. The third-order valence-corrected chi connectivity index (χ3v) is 2.80. The lowest BCUT2D eigenvalue weighted by molar-refractivity contribution is 0.554. The molecule has 2 aromatic rings. The maximum Gasteiger partial charge on any atom is 0.149 e. The summed E-state index contributed by atoms with van der Waals surface area (Å²) in [6.07, 6.45) is 2.47. The molecule has 18 heavy (non-hydrogen) atoms. The molecule has 2 rings (SSSR count). The summed E-state index contributed by atoms with van der Waals surface area (Å²) in [7, 11) is 0. The molecule has 1 heterocycles. The lowest BCUT2D eigenvalue weighted by Gasteiger charge is -2.04. The van der Waals surface area contributed by atoms with Crippen LogP contribution in [0.3, 0.4) is 0 Å². The topological polar surface area (TPSA) is 37.5 Å². The molecule has 0 bridgehead atoms. The maximum absolute atomic E-state index is 5.83. The lowest BCUT2D eigenvalue weighted by atomic mass is 10.2. The predicted molar refractivity (Wildman–Crippen MR) is 73.8 cm³/mol. The summed E-state index contributed by atoms with van der Waals surface area (Å²) < 4.78 is 5.32. The minimum absolute atomic E-state index is 0.668. The molecule has 4 heteroatoms. The van der Waals surface area contributed by atoms with Crippen molar-refractivity contribution in [1.82, 2.24) is 5.43 Å². The van der Waals surface area contributed by atoms with Gasteiger partial charge in [0.2, 0.25) is 0 Å². The summed E-state index contributed by atoms with van der Waals surface area (Å²) in [6, 6.07) is 11.5. The quantitative estimate of drug-likeness (QED) is 0.657. The Bertz CT molecular complexity index is 503. The number of halogens is 1. The molecule has 1 aromatic heterocycles. The third-order valence-electron chi connectivity index (χ3n) is 2.55. The molecular weight excluding hydrogens is 248 g/mol. The zero-order chi connectivity index (χ0) is 12.8. The molecule has 0 amide bonds. The molecule has 0 radical (unpaired) electrons. The SMILES string of the molecule is CC/C(=N/NCc1ccc(Cl)cc1)c1ccco1. The Kier molecular flexibility index (Phi) is 4.42. The van der Waals surface area contributed by atoms with Crippen LogP contribution < -0.4 is 5.43 Å². The van der Waals surface area contributed by atoms with Crippen molar-refractivity contribution in [2.45, 2.75) is 19.9 Å². The summed E-state index contributed by atoms with van der Waals surface area (Å²) in [5.74, 6) is 0.807. The van der Waals surface area contributed by atoms with Crippen LogP contribution in [-0.2, 0) is 6.54 Å². The Balaban J connectivity index is 1.95. The van der Waals surface area contributed by atoms with Gasteiger partial charge in [-0.25, -0.2) is 0 Å². The van der Waals surface area contributed by atoms with Crippen molar-refractivity contribution in [2.24, 2.45) is 5.10 Å². The van der Waals surface area contributed by atoms with Crippen LogP contribution in [0.4, 0.5) is 0 Å². The van der Waals surface area contributed by atoms with Gasteiger partial charge in [-0.05, 0) is 36.2 Å². The van der Waals surface area contributed by atoms with Crippen LogP contribution in [0.5, 0.6) is 0 Å². The fraction of sp³-hybridized carbons (Fsp3) is 0.214. The Morgan fingerprint density at radius 2 is 2.06 bits per heavy atom. The first kappa shape index (κ1) is 12.7. The highest BCUT2D eigenvalue weighted by Crippen LogP contribution is 2.09. The number of benzene rings is 1. The fourth-order valence-electron chi connectivity index (χ4n) is 1.58. The van der Waals surface area contributed by atoms with Crippen molar-refractivity contribution < 1.29 is 4.42 Å². The summed E-state index contributed by atoms with van der Waals surface area (Å²) in [4.78, 5) is 0. The minimum atomic E-state index is 0.668. The molecule has 0 aliphatic rings. The standard InChI is InChI=1S/C14H15ClN2O/c1-2-13(14-4-3-9-18-14)17-16-10-11-5-7-12(15)8-6-11/h3-9,16H,2,10H2,1H3/b17-13-. The van der Waals surface area contributed by atoms with E-state index in [-0.39, 0.29) is 0 Å². The first-order valence-corrected chi connectivity index (χ1v) is 6.25. The first-order valence-electron chi connectivity index (χ1n) is 5.87. The molecule has 1 aromatic carbocycles. The first-order chi connectivity index (χ1) is 8.79. The second kappa shape index (κ2) is 6.26. The molecule has 1 N–H and O–H groups in total. The van der Waals surface area contributed by atoms with Crippen molar-refractivity contribution >= 4 is 17.3 Å². The predicted octanol–water partition coefficient (Wildman–Crippen LogP) is 3.84. The van der Waals surface area contributed by atoms with Gasteiger partial charge in [0, 0.05) is 5.02 Å². The number of hydrogen-bond acceptors (Lipinski definition) is 3. The van der Waals surface area contributed by atoms with Gasteiger partial charge in [-0.15, -0.1) is 0 Å². The van der Waals surface area contributed by atoms with E-state index < -0.39 is 0 Å². The number of hydrazone groups is 1. The molecule has 0 fully saturated rings. The van der Waals surface area contributed by atoms with Gasteiger partial charge < -0.3 is 9.84 Å². The van der Waals surface area contributed by atoms with Gasteiger partial charge in [0.15, 0.2) is 0 Å². The fourth-order valence-corrected chi connectivity index (χ4v) is 1.71. The zero-order valence-corrected chi connectivity index (χ0v) is 10.9. The summed E-state index contributed by atoms with van der Waals surface area (Å²) in [5.41, 5.74) is 5.09. The Hall–Kier alpha value is -1.74. The zero-order valence-electron chi connectivity index (χ0n) is 10.2. The van der Waals surface area contributed by atoms with Crippen LogP contribution >= 0.6 is 11.6 Å². The molecule has 0 spiro atoms. The minimum Gasteiger partial charge on any atom is -0.463 e. The van der Waals surface area contributed by atoms with Crippen LogP contribution in [0.1, 0.15) is 24.7 Å². The molecule has 0 saturated carbocycles. The number of nitrogens with zero attached hydrogens (tertiary/aromatic N) is 1. The number of rotatable bonds is 5. The van der Waals surface area contributed by atoms with E-state index in [1.807, 2.05) is 43.3 Å². The number of furan rings is 1. The van der Waals surface area contributed by atoms with Crippen molar-refractivity contribution in [3.8, 4) is 0 Å². The lowest BCUT2D eigenvalue weighted by Crippen LogP contribution is -2.10. The molecule has 94 valence electrons. The van der Waals surface area contributed by atoms with Crippen molar-refractivity contribution in [2.75, 3.05) is 0 Å². The van der Waals surface area contributed by atoms with Crippen LogP contribution in [0.2, 0.25) is 5.02 Å². The maximum atomic E-state index is 5.83. The molecule has 0 saturated heterocycles. The smallest absolute Gasteiger partial charge is 0.149 e. The largest absolute Gasteiger partial charge is 0.463 e. The molecule has 0 atom stereocenters. The van der Waals surface area contributed by atoms with Crippen LogP contribution in [0, 0.1) is 0 Å². The van der Waals surface area contributed by atoms with Crippen LogP contribution in [0.15, 0.2) is 52.2 Å². The normalized spacial score (nSPS) is 11.6. The summed E-state index contributed by atoms with van der Waals surface area (Å²) in [6.45, 7) is 2.71.